The molecule has 0 saturated heterocycles. The average molecular weight is 470 g/mol. The second-order valence-corrected chi connectivity index (χ2v) is 8.93. The van der Waals surface area contributed by atoms with Crippen LogP contribution in [0.25, 0.3) is 21.7 Å². The average Bonchev–Trinajstić information content (AvgIpc) is 3.09. The van der Waals surface area contributed by atoms with E-state index in [-0.39, 0.29) is 6.42 Å². The van der Waals surface area contributed by atoms with Gasteiger partial charge in [0.1, 0.15) is 12.4 Å². The van der Waals surface area contributed by atoms with Gasteiger partial charge in [-0.25, -0.2) is 0 Å². The molecule has 170 valence electrons. The maximum Gasteiger partial charge on any atom is 0.307 e. The first-order valence-electron chi connectivity index (χ1n) is 11.2. The molecular weight excluding hydrogens is 446 g/mol. The van der Waals surface area contributed by atoms with Gasteiger partial charge in [0.15, 0.2) is 0 Å². The first-order chi connectivity index (χ1) is 16.5. The molecule has 0 fully saturated rings. The SMILES string of the molecule is Cc1c(CC(=O)O)c2cc(OCc3ccc4ccccc4c3)ccc2n1Cc1ccc(Cl)cc1. The van der Waals surface area contributed by atoms with E-state index in [4.69, 9.17) is 16.3 Å². The molecule has 0 radical (unpaired) electrons. The summed E-state index contributed by atoms with van der Waals surface area (Å²) in [6, 6.07) is 28.2. The predicted octanol–water partition coefficient (Wildman–Crippen LogP) is 7.01. The molecule has 0 bridgehead atoms. The van der Waals surface area contributed by atoms with Crippen LogP contribution in [0.1, 0.15) is 22.4 Å². The van der Waals surface area contributed by atoms with Crippen molar-refractivity contribution >= 4 is 39.2 Å². The molecule has 0 atom stereocenters. The van der Waals surface area contributed by atoms with Gasteiger partial charge in [0.05, 0.1) is 6.42 Å². The van der Waals surface area contributed by atoms with E-state index in [2.05, 4.69) is 34.9 Å². The monoisotopic (exact) mass is 469 g/mol. The maximum atomic E-state index is 11.6. The number of aromatic nitrogens is 1. The number of carbonyl (C=O) groups is 1. The lowest BCUT2D eigenvalue weighted by Gasteiger charge is -2.10. The number of hydrogen-bond acceptors (Lipinski definition) is 2. The van der Waals surface area contributed by atoms with Crippen molar-refractivity contribution in [1.82, 2.24) is 4.57 Å². The number of halogens is 1. The summed E-state index contributed by atoms with van der Waals surface area (Å²) in [5.74, 6) is -0.132. The highest BCUT2D eigenvalue weighted by Crippen LogP contribution is 2.31. The van der Waals surface area contributed by atoms with Crippen LogP contribution in [0.4, 0.5) is 0 Å². The van der Waals surface area contributed by atoms with Crippen molar-refractivity contribution in [3.63, 3.8) is 0 Å². The van der Waals surface area contributed by atoms with E-state index >= 15 is 0 Å². The van der Waals surface area contributed by atoms with Crippen molar-refractivity contribution in [1.29, 1.82) is 0 Å². The smallest absolute Gasteiger partial charge is 0.307 e. The van der Waals surface area contributed by atoms with Crippen molar-refractivity contribution in [3.8, 4) is 5.75 Å². The number of carboxylic acid groups (broad SMARTS) is 1. The summed E-state index contributed by atoms with van der Waals surface area (Å²) in [6.07, 6.45) is -0.0376. The van der Waals surface area contributed by atoms with E-state index in [9.17, 15) is 9.90 Å². The highest BCUT2D eigenvalue weighted by atomic mass is 35.5. The van der Waals surface area contributed by atoms with Gasteiger partial charge < -0.3 is 14.4 Å². The number of hydrogen-bond donors (Lipinski definition) is 1. The van der Waals surface area contributed by atoms with Crippen molar-refractivity contribution in [3.05, 3.63) is 112 Å². The molecule has 5 rings (SSSR count). The van der Waals surface area contributed by atoms with Gasteiger partial charge in [0.25, 0.3) is 0 Å². The zero-order valence-corrected chi connectivity index (χ0v) is 19.5. The Labute approximate surface area is 203 Å². The van der Waals surface area contributed by atoms with Crippen LogP contribution >= 0.6 is 11.6 Å². The van der Waals surface area contributed by atoms with Crippen LogP contribution in [0.5, 0.6) is 5.75 Å². The summed E-state index contributed by atoms with van der Waals surface area (Å²) in [7, 11) is 0. The molecule has 1 N–H and O–H groups in total. The van der Waals surface area contributed by atoms with Crippen LogP contribution in [-0.4, -0.2) is 15.6 Å². The topological polar surface area (TPSA) is 51.5 Å². The highest BCUT2D eigenvalue weighted by Gasteiger charge is 2.17. The zero-order valence-electron chi connectivity index (χ0n) is 18.8. The minimum atomic E-state index is -0.851. The third-order valence-electron chi connectivity index (χ3n) is 6.23. The molecule has 0 unspecified atom stereocenters. The second kappa shape index (κ2) is 9.24. The minimum Gasteiger partial charge on any atom is -0.489 e. The molecule has 4 nitrogen and oxygen atoms in total. The van der Waals surface area contributed by atoms with Crippen LogP contribution in [-0.2, 0) is 24.4 Å². The van der Waals surface area contributed by atoms with Crippen LogP contribution in [0.15, 0.2) is 84.9 Å². The van der Waals surface area contributed by atoms with Gasteiger partial charge >= 0.3 is 5.97 Å². The number of fused-ring (bicyclic) bond motifs is 2. The Balaban J connectivity index is 1.46. The summed E-state index contributed by atoms with van der Waals surface area (Å²) < 4.78 is 8.27. The Morgan fingerprint density at radius 2 is 1.65 bits per heavy atom. The maximum absolute atomic E-state index is 11.6. The Hall–Kier alpha value is -3.76. The third kappa shape index (κ3) is 4.50. The van der Waals surface area contributed by atoms with E-state index in [1.54, 1.807) is 0 Å². The van der Waals surface area contributed by atoms with Crippen LogP contribution < -0.4 is 4.74 Å². The van der Waals surface area contributed by atoms with Crippen molar-refractivity contribution in [2.75, 3.05) is 0 Å². The number of ether oxygens (including phenoxy) is 1. The van der Waals surface area contributed by atoms with Crippen molar-refractivity contribution < 1.29 is 14.6 Å². The Morgan fingerprint density at radius 3 is 2.41 bits per heavy atom. The molecule has 4 aromatic carbocycles. The summed E-state index contributed by atoms with van der Waals surface area (Å²) in [4.78, 5) is 11.6. The van der Waals surface area contributed by atoms with Gasteiger partial charge in [0.2, 0.25) is 0 Å². The molecule has 1 heterocycles. The Bertz CT molecular complexity index is 1500. The largest absolute Gasteiger partial charge is 0.489 e. The molecular formula is C29H24ClNO3. The van der Waals surface area contributed by atoms with Crippen LogP contribution in [0.2, 0.25) is 5.02 Å². The predicted molar refractivity (Wildman–Crippen MR) is 137 cm³/mol. The van der Waals surface area contributed by atoms with Crippen molar-refractivity contribution in [2.45, 2.75) is 26.5 Å². The van der Waals surface area contributed by atoms with E-state index in [1.165, 1.54) is 10.8 Å². The number of benzene rings is 4. The molecule has 0 aliphatic rings. The first-order valence-corrected chi connectivity index (χ1v) is 11.5. The molecule has 0 aliphatic carbocycles. The summed E-state index contributed by atoms with van der Waals surface area (Å²) in [5.41, 5.74) is 4.93. The summed E-state index contributed by atoms with van der Waals surface area (Å²) in [6.45, 7) is 3.05. The van der Waals surface area contributed by atoms with Gasteiger partial charge in [-0.3, -0.25) is 4.79 Å². The van der Waals surface area contributed by atoms with Crippen LogP contribution in [0.3, 0.4) is 0 Å². The van der Waals surface area contributed by atoms with Gasteiger partial charge in [-0.05, 0) is 70.8 Å². The molecule has 5 aromatic rings. The number of rotatable bonds is 7. The normalized spacial score (nSPS) is 11.2. The Morgan fingerprint density at radius 1 is 0.912 bits per heavy atom. The number of carboxylic acids is 1. The fourth-order valence-electron chi connectivity index (χ4n) is 4.47. The van der Waals surface area contributed by atoms with Gasteiger partial charge in [0, 0.05) is 28.2 Å². The number of nitrogens with zero attached hydrogens (tertiary/aromatic N) is 1. The summed E-state index contributed by atoms with van der Waals surface area (Å²) >= 11 is 6.04. The van der Waals surface area contributed by atoms with E-state index in [0.717, 1.165) is 39.0 Å². The van der Waals surface area contributed by atoms with Gasteiger partial charge in [-0.2, -0.15) is 0 Å². The molecule has 34 heavy (non-hydrogen) atoms. The molecule has 0 aliphatic heterocycles. The lowest BCUT2D eigenvalue weighted by atomic mass is 10.1. The fourth-order valence-corrected chi connectivity index (χ4v) is 4.59. The lowest BCUT2D eigenvalue weighted by Crippen LogP contribution is -2.05. The second-order valence-electron chi connectivity index (χ2n) is 8.50. The number of aliphatic carboxylic acids is 1. The van der Waals surface area contributed by atoms with E-state index in [0.29, 0.717) is 18.2 Å². The van der Waals surface area contributed by atoms with Crippen LogP contribution in [0, 0.1) is 6.92 Å². The third-order valence-corrected chi connectivity index (χ3v) is 6.48. The van der Waals surface area contributed by atoms with Crippen molar-refractivity contribution in [2.24, 2.45) is 0 Å². The highest BCUT2D eigenvalue weighted by molar-refractivity contribution is 6.30. The molecule has 0 spiro atoms. The molecule has 0 saturated carbocycles. The summed E-state index contributed by atoms with van der Waals surface area (Å²) in [5, 5.41) is 13.5. The zero-order chi connectivity index (χ0) is 23.7. The van der Waals surface area contributed by atoms with E-state index < -0.39 is 5.97 Å². The standard InChI is InChI=1S/C29H24ClNO3/c1-19-26(16-29(32)33)27-15-25(34-18-21-6-9-22-4-2-3-5-23(22)14-21)12-13-28(27)31(19)17-20-7-10-24(30)11-8-20/h2-15H,16-18H2,1H3,(H,32,33). The molecule has 0 amide bonds. The molecule has 1 aromatic heterocycles. The fraction of sp³-hybridized carbons (Fsp3) is 0.138. The minimum absolute atomic E-state index is 0.0376. The first kappa shape index (κ1) is 22.1. The molecule has 5 heteroatoms. The van der Waals surface area contributed by atoms with Gasteiger partial charge in [-0.1, -0.05) is 60.1 Å². The van der Waals surface area contributed by atoms with E-state index in [1.807, 2.05) is 61.5 Å². The van der Waals surface area contributed by atoms with Gasteiger partial charge in [-0.15, -0.1) is 0 Å². The quantitative estimate of drug-likeness (QED) is 0.279. The lowest BCUT2D eigenvalue weighted by molar-refractivity contribution is -0.136. The Kier molecular flexibility index (Phi) is 5.99.